The van der Waals surface area contributed by atoms with Crippen LogP contribution in [0.5, 0.6) is 5.75 Å². The summed E-state index contributed by atoms with van der Waals surface area (Å²) in [6.07, 6.45) is 3.37. The van der Waals surface area contributed by atoms with E-state index in [9.17, 15) is 13.2 Å². The lowest BCUT2D eigenvalue weighted by atomic mass is 10.1. The Hall–Kier alpha value is -4.37. The van der Waals surface area contributed by atoms with Crippen molar-refractivity contribution >= 4 is 43.5 Å². The fourth-order valence-corrected chi connectivity index (χ4v) is 5.69. The summed E-state index contributed by atoms with van der Waals surface area (Å²) >= 11 is 0. The molecule has 0 saturated heterocycles. The van der Waals surface area contributed by atoms with Crippen molar-refractivity contribution in [3.63, 3.8) is 0 Å². The number of benzene rings is 3. The van der Waals surface area contributed by atoms with Crippen molar-refractivity contribution in [2.24, 2.45) is 0 Å². The Labute approximate surface area is 214 Å². The molecule has 37 heavy (non-hydrogen) atoms. The van der Waals surface area contributed by atoms with Gasteiger partial charge in [-0.3, -0.25) is 9.78 Å². The predicted molar refractivity (Wildman–Crippen MR) is 143 cm³/mol. The maximum absolute atomic E-state index is 13.6. The number of carboxylic acid groups (broad SMARTS) is 1. The Balaban J connectivity index is 1.39. The molecule has 2 aromatic heterocycles. The topological polar surface area (TPSA) is 111 Å². The van der Waals surface area contributed by atoms with Crippen LogP contribution in [0.25, 0.3) is 21.8 Å². The minimum absolute atomic E-state index is 0.105. The molecule has 2 heterocycles. The first-order valence-electron chi connectivity index (χ1n) is 11.7. The Morgan fingerprint density at radius 2 is 1.86 bits per heavy atom. The summed E-state index contributed by atoms with van der Waals surface area (Å²) in [5.41, 5.74) is 3.89. The highest BCUT2D eigenvalue weighted by molar-refractivity contribution is 7.90. The summed E-state index contributed by atoms with van der Waals surface area (Å²) in [5, 5.41) is 14.2. The van der Waals surface area contributed by atoms with E-state index < -0.39 is 16.0 Å². The number of hydrogen-bond acceptors (Lipinski definition) is 6. The van der Waals surface area contributed by atoms with Gasteiger partial charge in [0.25, 0.3) is 10.0 Å². The normalized spacial score (nSPS) is 11.6. The van der Waals surface area contributed by atoms with Crippen LogP contribution in [0.15, 0.2) is 90.1 Å². The first-order valence-corrected chi connectivity index (χ1v) is 13.1. The van der Waals surface area contributed by atoms with Gasteiger partial charge in [0.2, 0.25) is 0 Å². The zero-order valence-corrected chi connectivity index (χ0v) is 20.9. The third kappa shape index (κ3) is 4.99. The van der Waals surface area contributed by atoms with E-state index in [1.165, 1.54) is 17.3 Å². The predicted octanol–water partition coefficient (Wildman–Crippen LogP) is 5.06. The Kier molecular flexibility index (Phi) is 6.54. The number of aromatic nitrogens is 2. The molecule has 3 aromatic carbocycles. The van der Waals surface area contributed by atoms with E-state index in [2.05, 4.69) is 10.3 Å². The first kappa shape index (κ1) is 24.3. The number of pyridine rings is 1. The minimum atomic E-state index is -3.91. The van der Waals surface area contributed by atoms with Crippen molar-refractivity contribution in [2.75, 3.05) is 12.4 Å². The van der Waals surface area contributed by atoms with E-state index in [4.69, 9.17) is 9.84 Å². The molecule has 5 rings (SSSR count). The molecule has 188 valence electrons. The maximum Gasteiger partial charge on any atom is 0.303 e. The van der Waals surface area contributed by atoms with Gasteiger partial charge < -0.3 is 15.2 Å². The van der Waals surface area contributed by atoms with Gasteiger partial charge >= 0.3 is 5.97 Å². The number of aliphatic carboxylic acids is 1. The van der Waals surface area contributed by atoms with E-state index in [0.717, 1.165) is 22.2 Å². The zero-order valence-electron chi connectivity index (χ0n) is 20.1. The number of aryl methyl sites for hydroxylation is 1. The van der Waals surface area contributed by atoms with Gasteiger partial charge in [0, 0.05) is 41.8 Å². The number of hydrogen-bond donors (Lipinski definition) is 2. The molecule has 0 unspecified atom stereocenters. The van der Waals surface area contributed by atoms with Crippen LogP contribution in [-0.4, -0.2) is 35.6 Å². The molecule has 0 aliphatic heterocycles. The van der Waals surface area contributed by atoms with Crippen molar-refractivity contribution in [2.45, 2.75) is 24.3 Å². The van der Waals surface area contributed by atoms with Gasteiger partial charge in [-0.05, 0) is 72.1 Å². The molecule has 2 N–H and O–H groups in total. The number of carbonyl (C=O) groups is 1. The van der Waals surface area contributed by atoms with Crippen LogP contribution in [0.1, 0.15) is 17.5 Å². The molecule has 0 radical (unpaired) electrons. The quantitative estimate of drug-likeness (QED) is 0.282. The lowest BCUT2D eigenvalue weighted by Gasteiger charge is -2.10. The fourth-order valence-electron chi connectivity index (χ4n) is 4.29. The molecule has 0 fully saturated rings. The monoisotopic (exact) mass is 515 g/mol. The number of anilines is 1. The van der Waals surface area contributed by atoms with E-state index >= 15 is 0 Å². The van der Waals surface area contributed by atoms with E-state index in [1.54, 1.807) is 48.7 Å². The highest BCUT2D eigenvalue weighted by Crippen LogP contribution is 2.30. The molecule has 0 amide bonds. The maximum atomic E-state index is 13.6. The van der Waals surface area contributed by atoms with Crippen LogP contribution >= 0.6 is 0 Å². The van der Waals surface area contributed by atoms with E-state index in [-0.39, 0.29) is 17.7 Å². The number of fused-ring (bicyclic) bond motifs is 2. The smallest absolute Gasteiger partial charge is 0.303 e. The summed E-state index contributed by atoms with van der Waals surface area (Å²) in [7, 11) is -2.38. The lowest BCUT2D eigenvalue weighted by Crippen LogP contribution is -2.12. The average molecular weight is 516 g/mol. The number of nitrogens with one attached hydrogen (secondary N) is 1. The lowest BCUT2D eigenvalue weighted by molar-refractivity contribution is -0.136. The Bertz CT molecular complexity index is 1710. The molecule has 0 saturated carbocycles. The second kappa shape index (κ2) is 9.94. The van der Waals surface area contributed by atoms with Gasteiger partial charge in [0.15, 0.2) is 0 Å². The van der Waals surface area contributed by atoms with Crippen molar-refractivity contribution in [3.05, 3.63) is 96.3 Å². The molecular weight excluding hydrogens is 490 g/mol. The average Bonchev–Trinajstić information content (AvgIpc) is 3.29. The number of nitrogens with zero attached hydrogens (tertiary/aromatic N) is 2. The van der Waals surface area contributed by atoms with Gasteiger partial charge in [-0.1, -0.05) is 18.2 Å². The van der Waals surface area contributed by atoms with Crippen LogP contribution in [0.2, 0.25) is 0 Å². The van der Waals surface area contributed by atoms with Gasteiger partial charge in [0.1, 0.15) is 5.75 Å². The molecular formula is C28H25N3O5S. The van der Waals surface area contributed by atoms with Gasteiger partial charge in [-0.15, -0.1) is 0 Å². The van der Waals surface area contributed by atoms with Crippen LogP contribution < -0.4 is 10.1 Å². The third-order valence-corrected chi connectivity index (χ3v) is 7.94. The van der Waals surface area contributed by atoms with Crippen molar-refractivity contribution < 1.29 is 23.1 Å². The van der Waals surface area contributed by atoms with Crippen molar-refractivity contribution in [3.8, 4) is 5.75 Å². The summed E-state index contributed by atoms with van der Waals surface area (Å²) in [6, 6.07) is 21.7. The van der Waals surface area contributed by atoms with Crippen molar-refractivity contribution in [1.82, 2.24) is 8.96 Å². The first-order chi connectivity index (χ1) is 17.8. The van der Waals surface area contributed by atoms with E-state index in [0.29, 0.717) is 28.8 Å². The number of ether oxygens (including phenoxy) is 1. The molecule has 0 aliphatic rings. The Morgan fingerprint density at radius 1 is 1.05 bits per heavy atom. The van der Waals surface area contributed by atoms with Crippen LogP contribution in [0.4, 0.5) is 5.69 Å². The Morgan fingerprint density at radius 3 is 2.62 bits per heavy atom. The number of rotatable bonds is 9. The van der Waals surface area contributed by atoms with E-state index in [1.807, 2.05) is 30.3 Å². The van der Waals surface area contributed by atoms with Crippen LogP contribution in [0, 0.1) is 0 Å². The summed E-state index contributed by atoms with van der Waals surface area (Å²) in [6.45, 7) is 0.525. The van der Waals surface area contributed by atoms with Gasteiger partial charge in [-0.25, -0.2) is 12.4 Å². The number of methoxy groups -OCH3 is 1. The molecule has 0 atom stereocenters. The van der Waals surface area contributed by atoms with Crippen LogP contribution in [-0.2, 0) is 27.8 Å². The minimum Gasteiger partial charge on any atom is -0.497 e. The number of carboxylic acids is 1. The molecule has 0 aliphatic carbocycles. The summed E-state index contributed by atoms with van der Waals surface area (Å²) in [4.78, 5) is 15.6. The molecule has 8 nitrogen and oxygen atoms in total. The van der Waals surface area contributed by atoms with Gasteiger partial charge in [0.05, 0.1) is 23.0 Å². The van der Waals surface area contributed by atoms with Crippen molar-refractivity contribution in [1.29, 1.82) is 0 Å². The zero-order chi connectivity index (χ0) is 26.0. The molecule has 5 aromatic rings. The third-order valence-electron chi connectivity index (χ3n) is 6.25. The highest BCUT2D eigenvalue weighted by Gasteiger charge is 2.22. The summed E-state index contributed by atoms with van der Waals surface area (Å²) < 4.78 is 33.6. The SMILES string of the molecule is COc1ccc2c(c1)c(CCC(=O)O)cn2S(=O)(=O)c1ccc(CNc2ccc3ncccc3c2)cc1. The summed E-state index contributed by atoms with van der Waals surface area (Å²) in [5.74, 6) is -0.380. The molecule has 0 bridgehead atoms. The fraction of sp³-hybridized carbons (Fsp3) is 0.143. The molecule has 9 heteroatoms. The largest absolute Gasteiger partial charge is 0.497 e. The standard InChI is InChI=1S/C28H25N3O5S/c1-36-23-8-12-27-25(16-23)21(6-13-28(32)33)18-31(27)37(34,35)24-9-4-19(5-10-24)17-30-22-7-11-26-20(15-22)3-2-14-29-26/h2-5,7-12,14-16,18,30H,6,13,17H2,1H3,(H,32,33). The second-order valence-electron chi connectivity index (χ2n) is 8.64. The molecule has 0 spiro atoms. The highest BCUT2D eigenvalue weighted by atomic mass is 32.2. The van der Waals surface area contributed by atoms with Crippen LogP contribution in [0.3, 0.4) is 0 Å². The van der Waals surface area contributed by atoms with Gasteiger partial charge in [-0.2, -0.15) is 0 Å². The second-order valence-corrected chi connectivity index (χ2v) is 10.5.